The van der Waals surface area contributed by atoms with E-state index in [9.17, 15) is 14.4 Å². The highest BCUT2D eigenvalue weighted by atomic mass is 32.1. The molecular weight excluding hydrogens is 444 g/mol. The first-order valence-corrected chi connectivity index (χ1v) is 11.5. The van der Waals surface area contributed by atoms with Crippen molar-refractivity contribution in [2.75, 3.05) is 18.4 Å². The minimum absolute atomic E-state index is 0.0515. The lowest BCUT2D eigenvalue weighted by atomic mass is 9.96. The summed E-state index contributed by atoms with van der Waals surface area (Å²) in [6, 6.07) is 7.54. The number of primary amides is 1. The van der Waals surface area contributed by atoms with E-state index in [4.69, 9.17) is 10.8 Å². The summed E-state index contributed by atoms with van der Waals surface area (Å²) in [5.41, 5.74) is 8.14. The van der Waals surface area contributed by atoms with Gasteiger partial charge in [-0.2, -0.15) is 0 Å². The Balaban J connectivity index is 1.63. The molecule has 33 heavy (non-hydrogen) atoms. The highest BCUT2D eigenvalue weighted by Gasteiger charge is 2.24. The standard InChI is InChI=1S/C22H28N6O4S/c1-14(29)26-21-27-18(19(33-21)12-28-10-8-16(9-11-28)20(23)30)7-4-15-2-5-17(6-3-15)24-13-25-22(31)32/h2-3,5-6,13,16H,4,7-12H2,1H3,(H2,23,30)(H,24,25)(H,31,32)(H,26,27,29). The summed E-state index contributed by atoms with van der Waals surface area (Å²) in [7, 11) is 0. The minimum atomic E-state index is -1.16. The number of piperidine rings is 1. The molecule has 0 saturated carbocycles. The summed E-state index contributed by atoms with van der Waals surface area (Å²) in [4.78, 5) is 45.5. The van der Waals surface area contributed by atoms with Crippen LogP contribution in [0.5, 0.6) is 0 Å². The number of anilines is 1. The number of thiazole rings is 1. The number of benzene rings is 1. The summed E-state index contributed by atoms with van der Waals surface area (Å²) in [6.07, 6.45) is 2.97. The SMILES string of the molecule is CC(=O)Nc1nc(CCc2ccc(N=CNC(=O)O)cc2)c(CN2CCC(C(N)=O)CC2)s1. The van der Waals surface area contributed by atoms with Crippen LogP contribution in [0.3, 0.4) is 0 Å². The van der Waals surface area contributed by atoms with Crippen molar-refractivity contribution in [3.63, 3.8) is 0 Å². The molecule has 0 spiro atoms. The third kappa shape index (κ3) is 7.65. The van der Waals surface area contributed by atoms with E-state index >= 15 is 0 Å². The summed E-state index contributed by atoms with van der Waals surface area (Å²) < 4.78 is 0. The number of aryl methyl sites for hydroxylation is 2. The molecule has 0 atom stereocenters. The van der Waals surface area contributed by atoms with Crippen molar-refractivity contribution in [1.82, 2.24) is 15.2 Å². The second-order valence-corrected chi connectivity index (χ2v) is 8.98. The Labute approximate surface area is 195 Å². The Kier molecular flexibility index (Phi) is 8.50. The number of hydrogen-bond acceptors (Lipinski definition) is 7. The zero-order chi connectivity index (χ0) is 23.8. The number of nitrogens with one attached hydrogen (secondary N) is 2. The third-order valence-electron chi connectivity index (χ3n) is 5.41. The highest BCUT2D eigenvalue weighted by molar-refractivity contribution is 7.15. The molecule has 0 radical (unpaired) electrons. The first-order valence-electron chi connectivity index (χ1n) is 10.7. The van der Waals surface area contributed by atoms with Gasteiger partial charge in [-0.15, -0.1) is 11.3 Å². The molecule has 3 amide bonds. The normalized spacial score (nSPS) is 14.9. The molecule has 1 aliphatic rings. The molecule has 1 saturated heterocycles. The van der Waals surface area contributed by atoms with Crippen molar-refractivity contribution < 1.29 is 19.5 Å². The number of hydrogen-bond donors (Lipinski definition) is 4. The second kappa shape index (κ2) is 11.5. The average Bonchev–Trinajstić information content (AvgIpc) is 3.13. The van der Waals surface area contributed by atoms with Crippen LogP contribution in [-0.4, -0.2) is 52.3 Å². The number of aliphatic imine (C=N–C) groups is 1. The molecule has 1 aromatic carbocycles. The van der Waals surface area contributed by atoms with Gasteiger partial charge in [0.2, 0.25) is 11.8 Å². The van der Waals surface area contributed by atoms with Crippen molar-refractivity contribution in [1.29, 1.82) is 0 Å². The molecule has 1 aliphatic heterocycles. The Hall–Kier alpha value is -3.31. The summed E-state index contributed by atoms with van der Waals surface area (Å²) in [5.74, 6) is -0.432. The summed E-state index contributed by atoms with van der Waals surface area (Å²) in [5, 5.41) is 14.0. The predicted molar refractivity (Wildman–Crippen MR) is 127 cm³/mol. The molecule has 11 heteroatoms. The van der Waals surface area contributed by atoms with Crippen LogP contribution in [0.1, 0.15) is 35.9 Å². The van der Waals surface area contributed by atoms with Crippen LogP contribution >= 0.6 is 11.3 Å². The van der Waals surface area contributed by atoms with E-state index < -0.39 is 6.09 Å². The fourth-order valence-corrected chi connectivity index (χ4v) is 4.76. The Morgan fingerprint density at radius 1 is 1.24 bits per heavy atom. The van der Waals surface area contributed by atoms with Crippen LogP contribution in [-0.2, 0) is 29.0 Å². The van der Waals surface area contributed by atoms with Gasteiger partial charge < -0.3 is 16.2 Å². The Bertz CT molecular complexity index is 1010. The Morgan fingerprint density at radius 3 is 2.55 bits per heavy atom. The second-order valence-electron chi connectivity index (χ2n) is 7.90. The van der Waals surface area contributed by atoms with E-state index in [2.05, 4.69) is 25.5 Å². The fourth-order valence-electron chi connectivity index (χ4n) is 3.66. The van der Waals surface area contributed by atoms with Gasteiger partial charge in [-0.1, -0.05) is 12.1 Å². The first kappa shape index (κ1) is 24.3. The van der Waals surface area contributed by atoms with Gasteiger partial charge in [-0.25, -0.2) is 14.8 Å². The molecule has 2 heterocycles. The molecule has 0 unspecified atom stereocenters. The van der Waals surface area contributed by atoms with Crippen molar-refractivity contribution in [2.24, 2.45) is 16.6 Å². The quantitative estimate of drug-likeness (QED) is 0.325. The molecule has 1 aromatic heterocycles. The molecular formula is C22H28N6O4S. The number of amides is 3. The average molecular weight is 473 g/mol. The largest absolute Gasteiger partial charge is 0.465 e. The summed E-state index contributed by atoms with van der Waals surface area (Å²) in [6.45, 7) is 3.80. The van der Waals surface area contributed by atoms with E-state index in [1.54, 1.807) is 0 Å². The molecule has 176 valence electrons. The predicted octanol–water partition coefficient (Wildman–Crippen LogP) is 2.51. The smallest absolute Gasteiger partial charge is 0.409 e. The van der Waals surface area contributed by atoms with Crippen molar-refractivity contribution in [2.45, 2.75) is 39.2 Å². The van der Waals surface area contributed by atoms with E-state index in [0.717, 1.165) is 61.4 Å². The lowest BCUT2D eigenvalue weighted by molar-refractivity contribution is -0.123. The highest BCUT2D eigenvalue weighted by Crippen LogP contribution is 2.28. The van der Waals surface area contributed by atoms with E-state index in [0.29, 0.717) is 17.2 Å². The maximum absolute atomic E-state index is 11.5. The molecule has 10 nitrogen and oxygen atoms in total. The number of rotatable bonds is 9. The van der Waals surface area contributed by atoms with Gasteiger partial charge in [-0.05, 0) is 56.5 Å². The van der Waals surface area contributed by atoms with Gasteiger partial charge >= 0.3 is 6.09 Å². The first-order chi connectivity index (χ1) is 15.8. The van der Waals surface area contributed by atoms with Crippen LogP contribution in [0.25, 0.3) is 0 Å². The third-order valence-corrected chi connectivity index (χ3v) is 6.40. The van der Waals surface area contributed by atoms with E-state index in [-0.39, 0.29) is 17.7 Å². The van der Waals surface area contributed by atoms with Gasteiger partial charge in [0.1, 0.15) is 0 Å². The van der Waals surface area contributed by atoms with Crippen LogP contribution in [0.2, 0.25) is 0 Å². The number of aromatic nitrogens is 1. The number of nitrogens with two attached hydrogens (primary N) is 1. The van der Waals surface area contributed by atoms with Gasteiger partial charge in [0.25, 0.3) is 0 Å². The van der Waals surface area contributed by atoms with Crippen molar-refractivity contribution in [3.8, 4) is 0 Å². The van der Waals surface area contributed by atoms with Crippen LogP contribution in [0.15, 0.2) is 29.3 Å². The zero-order valence-corrected chi connectivity index (χ0v) is 19.2. The van der Waals surface area contributed by atoms with Crippen molar-refractivity contribution in [3.05, 3.63) is 40.4 Å². The number of carbonyl (C=O) groups excluding carboxylic acids is 2. The Morgan fingerprint density at radius 2 is 1.94 bits per heavy atom. The zero-order valence-electron chi connectivity index (χ0n) is 18.4. The topological polar surface area (TPSA) is 150 Å². The molecule has 1 fully saturated rings. The number of likely N-dealkylation sites (tertiary alicyclic amines) is 1. The maximum Gasteiger partial charge on any atom is 0.409 e. The molecule has 2 aromatic rings. The van der Waals surface area contributed by atoms with Gasteiger partial charge in [0.05, 0.1) is 17.7 Å². The monoisotopic (exact) mass is 472 g/mol. The molecule has 0 aliphatic carbocycles. The van der Waals surface area contributed by atoms with Crippen LogP contribution in [0, 0.1) is 5.92 Å². The lowest BCUT2D eigenvalue weighted by Crippen LogP contribution is -2.38. The number of nitrogens with zero attached hydrogens (tertiary/aromatic N) is 3. The summed E-state index contributed by atoms with van der Waals surface area (Å²) >= 11 is 1.49. The van der Waals surface area contributed by atoms with Crippen molar-refractivity contribution >= 4 is 46.4 Å². The number of carboxylic acid groups (broad SMARTS) is 1. The lowest BCUT2D eigenvalue weighted by Gasteiger charge is -2.30. The van der Waals surface area contributed by atoms with Crippen LogP contribution in [0.4, 0.5) is 15.6 Å². The van der Waals surface area contributed by atoms with Gasteiger partial charge in [0.15, 0.2) is 5.13 Å². The minimum Gasteiger partial charge on any atom is -0.465 e. The molecule has 5 N–H and O–H groups in total. The fraction of sp³-hybridized carbons (Fsp3) is 0.409. The van der Waals surface area contributed by atoms with Gasteiger partial charge in [0, 0.05) is 24.3 Å². The van der Waals surface area contributed by atoms with Gasteiger partial charge in [-0.3, -0.25) is 19.8 Å². The van der Waals surface area contributed by atoms with Crippen LogP contribution < -0.4 is 16.4 Å². The molecule has 3 rings (SSSR count). The number of carbonyl (C=O) groups is 3. The van der Waals surface area contributed by atoms with E-state index in [1.165, 1.54) is 18.3 Å². The maximum atomic E-state index is 11.5. The van der Waals surface area contributed by atoms with E-state index in [1.807, 2.05) is 24.3 Å². The molecule has 0 bridgehead atoms.